The van der Waals surface area contributed by atoms with E-state index in [0.717, 1.165) is 0 Å². The second-order valence-corrected chi connectivity index (χ2v) is 4.36. The highest BCUT2D eigenvalue weighted by molar-refractivity contribution is 5.96. The summed E-state index contributed by atoms with van der Waals surface area (Å²) in [5.74, 6) is -0.536. The van der Waals surface area contributed by atoms with Gasteiger partial charge >= 0.3 is 5.63 Å². The first-order valence-corrected chi connectivity index (χ1v) is 5.78. The van der Waals surface area contributed by atoms with Crippen LogP contribution in [0.4, 0.5) is 0 Å². The molecule has 0 radical (unpaired) electrons. The molecular weight excluding hydrogens is 248 g/mol. The normalized spacial score (nSPS) is 12.3. The fourth-order valence-corrected chi connectivity index (χ4v) is 1.61. The first-order chi connectivity index (χ1) is 8.97. The number of carbonyl (C=O) groups excluding carboxylic acids is 1. The summed E-state index contributed by atoms with van der Waals surface area (Å²) in [6.07, 6.45) is 0. The quantitative estimate of drug-likeness (QED) is 0.701. The van der Waals surface area contributed by atoms with Crippen LogP contribution in [0.3, 0.4) is 0 Å². The number of fused-ring (bicyclic) bond motifs is 1. The Balaban J connectivity index is 2.39. The van der Waals surface area contributed by atoms with Gasteiger partial charge < -0.3 is 20.6 Å². The topological polar surface area (TPSA) is 106 Å². The first kappa shape index (κ1) is 13.1. The predicted octanol–water partition coefficient (Wildman–Crippen LogP) is 0.576. The standard InChI is InChI=1S/C13H14N2O4/c1-7(14)6-15-12(17)10-4-8-2-3-9(16)5-11(8)19-13(10)18/h2-5,7,16H,6,14H2,1H3,(H,15,17)/t7-/m1/s1. The van der Waals surface area contributed by atoms with E-state index in [4.69, 9.17) is 10.2 Å². The average molecular weight is 262 g/mol. The summed E-state index contributed by atoms with van der Waals surface area (Å²) < 4.78 is 4.99. The SMILES string of the molecule is C[C@@H](N)CNC(=O)c1cc2ccc(O)cc2oc1=O. The van der Waals surface area contributed by atoms with Gasteiger partial charge in [-0.1, -0.05) is 0 Å². The van der Waals surface area contributed by atoms with Crippen molar-refractivity contribution in [1.82, 2.24) is 5.32 Å². The molecule has 0 aliphatic carbocycles. The van der Waals surface area contributed by atoms with Crippen LogP contribution in [0.2, 0.25) is 0 Å². The number of hydrogen-bond donors (Lipinski definition) is 3. The van der Waals surface area contributed by atoms with Gasteiger partial charge in [-0.3, -0.25) is 4.79 Å². The molecule has 6 nitrogen and oxygen atoms in total. The molecule has 0 unspecified atom stereocenters. The number of benzene rings is 1. The summed E-state index contributed by atoms with van der Waals surface area (Å²) >= 11 is 0. The summed E-state index contributed by atoms with van der Waals surface area (Å²) in [5.41, 5.74) is 4.92. The predicted molar refractivity (Wildman–Crippen MR) is 70.1 cm³/mol. The van der Waals surface area contributed by atoms with Crippen LogP contribution in [-0.2, 0) is 0 Å². The molecular formula is C13H14N2O4. The fraction of sp³-hybridized carbons (Fsp3) is 0.231. The van der Waals surface area contributed by atoms with Gasteiger partial charge in [0.1, 0.15) is 16.9 Å². The number of hydrogen-bond acceptors (Lipinski definition) is 5. The maximum atomic E-state index is 11.8. The van der Waals surface area contributed by atoms with E-state index in [1.807, 2.05) is 0 Å². The van der Waals surface area contributed by atoms with Gasteiger partial charge in [0.05, 0.1) is 0 Å². The number of nitrogens with two attached hydrogens (primary N) is 1. The molecule has 4 N–H and O–H groups in total. The van der Waals surface area contributed by atoms with E-state index < -0.39 is 11.5 Å². The minimum Gasteiger partial charge on any atom is -0.508 e. The van der Waals surface area contributed by atoms with Crippen molar-refractivity contribution in [1.29, 1.82) is 0 Å². The molecule has 6 heteroatoms. The van der Waals surface area contributed by atoms with E-state index in [0.29, 0.717) is 5.39 Å². The first-order valence-electron chi connectivity index (χ1n) is 5.78. The van der Waals surface area contributed by atoms with E-state index >= 15 is 0 Å². The minimum atomic E-state index is -0.750. The van der Waals surface area contributed by atoms with Crippen molar-refractivity contribution in [3.63, 3.8) is 0 Å². The second-order valence-electron chi connectivity index (χ2n) is 4.36. The molecule has 0 spiro atoms. The second kappa shape index (κ2) is 5.11. The van der Waals surface area contributed by atoms with Gasteiger partial charge in [0, 0.05) is 24.0 Å². The van der Waals surface area contributed by atoms with Gasteiger partial charge in [-0.15, -0.1) is 0 Å². The molecule has 0 saturated heterocycles. The largest absolute Gasteiger partial charge is 0.508 e. The average Bonchev–Trinajstić information content (AvgIpc) is 2.35. The third kappa shape index (κ3) is 2.92. The maximum absolute atomic E-state index is 11.8. The molecule has 0 bridgehead atoms. The van der Waals surface area contributed by atoms with Gasteiger partial charge in [0.25, 0.3) is 5.91 Å². The third-order valence-electron chi connectivity index (χ3n) is 2.55. The smallest absolute Gasteiger partial charge is 0.349 e. The molecule has 1 aromatic heterocycles. The molecule has 1 aromatic carbocycles. The van der Waals surface area contributed by atoms with Gasteiger partial charge in [-0.05, 0) is 25.1 Å². The molecule has 0 aliphatic rings. The van der Waals surface area contributed by atoms with E-state index in [-0.39, 0.29) is 29.5 Å². The van der Waals surface area contributed by atoms with Crippen LogP contribution in [-0.4, -0.2) is 23.6 Å². The lowest BCUT2D eigenvalue weighted by atomic mass is 10.1. The summed E-state index contributed by atoms with van der Waals surface area (Å²) in [6, 6.07) is 5.56. The van der Waals surface area contributed by atoms with Gasteiger partial charge in [0.15, 0.2) is 0 Å². The Morgan fingerprint density at radius 1 is 1.47 bits per heavy atom. The van der Waals surface area contributed by atoms with E-state index in [2.05, 4.69) is 5.32 Å². The van der Waals surface area contributed by atoms with E-state index in [1.54, 1.807) is 13.0 Å². The number of carbonyl (C=O) groups is 1. The van der Waals surface area contributed by atoms with Crippen LogP contribution < -0.4 is 16.7 Å². The summed E-state index contributed by atoms with van der Waals surface area (Å²) in [6.45, 7) is 2.01. The minimum absolute atomic E-state index is 0.00944. The van der Waals surface area contributed by atoms with Crippen LogP contribution >= 0.6 is 0 Å². The van der Waals surface area contributed by atoms with E-state index in [1.165, 1.54) is 18.2 Å². The van der Waals surface area contributed by atoms with Crippen molar-refractivity contribution in [2.24, 2.45) is 5.73 Å². The monoisotopic (exact) mass is 262 g/mol. The Labute approximate surface area is 108 Å². The van der Waals surface area contributed by atoms with Crippen molar-refractivity contribution in [2.75, 3.05) is 6.54 Å². The lowest BCUT2D eigenvalue weighted by molar-refractivity contribution is 0.0948. The van der Waals surface area contributed by atoms with Crippen molar-refractivity contribution >= 4 is 16.9 Å². The molecule has 1 atom stereocenters. The van der Waals surface area contributed by atoms with Crippen molar-refractivity contribution in [2.45, 2.75) is 13.0 Å². The Morgan fingerprint density at radius 2 is 2.21 bits per heavy atom. The van der Waals surface area contributed by atoms with Crippen molar-refractivity contribution < 1.29 is 14.3 Å². The number of phenolic OH excluding ortho intramolecular Hbond substituents is 1. The molecule has 1 heterocycles. The zero-order valence-corrected chi connectivity index (χ0v) is 10.3. The van der Waals surface area contributed by atoms with Gasteiger partial charge in [-0.25, -0.2) is 4.79 Å². The zero-order valence-electron chi connectivity index (χ0n) is 10.3. The van der Waals surface area contributed by atoms with Crippen LogP contribution in [0.1, 0.15) is 17.3 Å². The molecule has 0 fully saturated rings. The molecule has 100 valence electrons. The summed E-state index contributed by atoms with van der Waals surface area (Å²) in [4.78, 5) is 23.5. The highest BCUT2D eigenvalue weighted by Crippen LogP contribution is 2.19. The van der Waals surface area contributed by atoms with Crippen molar-refractivity contribution in [3.05, 3.63) is 40.2 Å². The molecule has 0 aliphatic heterocycles. The van der Waals surface area contributed by atoms with Crippen LogP contribution in [0.5, 0.6) is 5.75 Å². The number of aromatic hydroxyl groups is 1. The Kier molecular flexibility index (Phi) is 3.52. The molecule has 2 rings (SSSR count). The number of rotatable bonds is 3. The lowest BCUT2D eigenvalue weighted by Gasteiger charge is -2.07. The van der Waals surface area contributed by atoms with Crippen molar-refractivity contribution in [3.8, 4) is 5.75 Å². The Hall–Kier alpha value is -2.34. The van der Waals surface area contributed by atoms with Crippen LogP contribution in [0, 0.1) is 0 Å². The molecule has 0 saturated carbocycles. The Bertz CT molecular complexity index is 676. The van der Waals surface area contributed by atoms with Gasteiger partial charge in [0.2, 0.25) is 0 Å². The number of phenols is 1. The molecule has 19 heavy (non-hydrogen) atoms. The van der Waals surface area contributed by atoms with Crippen LogP contribution in [0.25, 0.3) is 11.0 Å². The maximum Gasteiger partial charge on any atom is 0.349 e. The third-order valence-corrected chi connectivity index (χ3v) is 2.55. The Morgan fingerprint density at radius 3 is 2.89 bits per heavy atom. The highest BCUT2D eigenvalue weighted by Gasteiger charge is 2.13. The van der Waals surface area contributed by atoms with Crippen LogP contribution in [0.15, 0.2) is 33.5 Å². The molecule has 2 aromatic rings. The summed E-state index contributed by atoms with van der Waals surface area (Å²) in [5, 5.41) is 12.4. The van der Waals surface area contributed by atoms with Gasteiger partial charge in [-0.2, -0.15) is 0 Å². The van der Waals surface area contributed by atoms with E-state index in [9.17, 15) is 14.7 Å². The highest BCUT2D eigenvalue weighted by atomic mass is 16.4. The fourth-order valence-electron chi connectivity index (χ4n) is 1.61. The number of amides is 1. The summed E-state index contributed by atoms with van der Waals surface area (Å²) in [7, 11) is 0. The zero-order chi connectivity index (χ0) is 14.0. The lowest BCUT2D eigenvalue weighted by Crippen LogP contribution is -2.36. The number of nitrogens with one attached hydrogen (secondary N) is 1. The molecule has 1 amide bonds.